The van der Waals surface area contributed by atoms with Gasteiger partial charge in [0, 0.05) is 5.69 Å². The molecule has 1 rings (SSSR count). The molecule has 0 bridgehead atoms. The van der Waals surface area contributed by atoms with E-state index >= 15 is 0 Å². The summed E-state index contributed by atoms with van der Waals surface area (Å²) in [5.74, 6) is 0.912. The van der Waals surface area contributed by atoms with Gasteiger partial charge < -0.3 is 10.0 Å². The van der Waals surface area contributed by atoms with Crippen LogP contribution < -0.4 is 10.0 Å². The van der Waals surface area contributed by atoms with Gasteiger partial charge in [-0.25, -0.2) is 0 Å². The van der Waals surface area contributed by atoms with Gasteiger partial charge in [0.15, 0.2) is 0 Å². The van der Waals surface area contributed by atoms with Crippen LogP contribution in [0.2, 0.25) is 0 Å². The first-order chi connectivity index (χ1) is 5.43. The molecule has 11 heavy (non-hydrogen) atoms. The van der Waals surface area contributed by atoms with E-state index in [-0.39, 0.29) is 0 Å². The van der Waals surface area contributed by atoms with Crippen molar-refractivity contribution in [2.24, 2.45) is 0 Å². The second-order valence-electron chi connectivity index (χ2n) is 2.11. The van der Waals surface area contributed by atoms with Crippen LogP contribution in [0.5, 0.6) is 0 Å². The molecule has 60 valence electrons. The van der Waals surface area contributed by atoms with Gasteiger partial charge in [-0.15, -0.1) is 0 Å². The van der Waals surface area contributed by atoms with Crippen LogP contribution in [-0.2, 0) is 0 Å². The number of para-hydroxylation sites is 1. The molecule has 0 aliphatic carbocycles. The number of hydrogen-bond acceptors (Lipinski definition) is 3. The Hall–Kier alpha value is -0.670. The summed E-state index contributed by atoms with van der Waals surface area (Å²) in [6.45, 7) is 0. The average molecular weight is 168 g/mol. The predicted octanol–water partition coefficient (Wildman–Crippen LogP) is 1.92. The number of nitrogens with one attached hydrogen (secondary N) is 2. The van der Waals surface area contributed by atoms with E-state index in [4.69, 9.17) is 0 Å². The van der Waals surface area contributed by atoms with Crippen molar-refractivity contribution in [1.82, 2.24) is 5.32 Å². The van der Waals surface area contributed by atoms with Gasteiger partial charge in [-0.3, -0.25) is 0 Å². The highest BCUT2D eigenvalue weighted by atomic mass is 32.2. The van der Waals surface area contributed by atoms with Gasteiger partial charge >= 0.3 is 0 Å². The molecule has 0 aromatic heterocycles. The van der Waals surface area contributed by atoms with Gasteiger partial charge in [-0.05, 0) is 31.1 Å². The number of benzene rings is 1. The fourth-order valence-corrected chi connectivity index (χ4v) is 1.22. The molecule has 0 aliphatic rings. The van der Waals surface area contributed by atoms with Crippen LogP contribution in [0.3, 0.4) is 0 Å². The van der Waals surface area contributed by atoms with Crippen molar-refractivity contribution in [2.75, 3.05) is 17.6 Å². The summed E-state index contributed by atoms with van der Waals surface area (Å²) in [4.78, 5) is 0. The first-order valence-electron chi connectivity index (χ1n) is 3.51. The lowest BCUT2D eigenvalue weighted by Crippen LogP contribution is -2.05. The molecule has 2 nitrogen and oxygen atoms in total. The van der Waals surface area contributed by atoms with Crippen LogP contribution in [-0.4, -0.2) is 12.9 Å². The molecule has 2 N–H and O–H groups in total. The van der Waals surface area contributed by atoms with E-state index in [1.165, 1.54) is 0 Å². The van der Waals surface area contributed by atoms with Gasteiger partial charge in [0.2, 0.25) is 0 Å². The van der Waals surface area contributed by atoms with Crippen molar-refractivity contribution in [2.45, 2.75) is 0 Å². The highest BCUT2D eigenvalue weighted by Gasteiger charge is 1.86. The Morgan fingerprint density at radius 1 is 1.27 bits per heavy atom. The third-order valence-corrected chi connectivity index (χ3v) is 1.99. The lowest BCUT2D eigenvalue weighted by Gasteiger charge is -2.02. The van der Waals surface area contributed by atoms with Crippen LogP contribution in [0, 0.1) is 0 Å². The van der Waals surface area contributed by atoms with Gasteiger partial charge in [0.1, 0.15) is 0 Å². The zero-order valence-electron chi connectivity index (χ0n) is 6.50. The van der Waals surface area contributed by atoms with Gasteiger partial charge in [0.05, 0.1) is 5.88 Å². The van der Waals surface area contributed by atoms with E-state index in [0.29, 0.717) is 0 Å². The van der Waals surface area contributed by atoms with E-state index < -0.39 is 0 Å². The number of hydrogen-bond donors (Lipinski definition) is 2. The van der Waals surface area contributed by atoms with Crippen molar-refractivity contribution in [3.8, 4) is 0 Å². The van der Waals surface area contributed by atoms with Crippen molar-refractivity contribution < 1.29 is 0 Å². The minimum atomic E-state index is 0.912. The minimum Gasteiger partial charge on any atom is -0.329 e. The molecular weight excluding hydrogens is 156 g/mol. The molecule has 0 fully saturated rings. The summed E-state index contributed by atoms with van der Waals surface area (Å²) in [7, 11) is 1.93. The molecule has 3 heteroatoms. The normalized spacial score (nSPS) is 9.55. The molecular formula is C8H12N2S. The van der Waals surface area contributed by atoms with Crippen LogP contribution in [0.25, 0.3) is 0 Å². The monoisotopic (exact) mass is 168 g/mol. The first-order valence-corrected chi connectivity index (χ1v) is 4.49. The lowest BCUT2D eigenvalue weighted by molar-refractivity contribution is 0.984. The third kappa shape index (κ3) is 3.30. The quantitative estimate of drug-likeness (QED) is 0.408. The molecule has 0 unspecified atom stereocenters. The lowest BCUT2D eigenvalue weighted by atomic mass is 10.3. The Morgan fingerprint density at radius 2 is 2.00 bits per heavy atom. The molecule has 1 aromatic carbocycles. The minimum absolute atomic E-state index is 0.912. The topological polar surface area (TPSA) is 24.1 Å². The Balaban J connectivity index is 2.28. The maximum absolute atomic E-state index is 3.20. The third-order valence-electron chi connectivity index (χ3n) is 1.18. The summed E-state index contributed by atoms with van der Waals surface area (Å²) in [5.41, 5.74) is 1.15. The molecule has 0 spiro atoms. The molecule has 0 saturated carbocycles. The predicted molar refractivity (Wildman–Crippen MR) is 51.6 cm³/mol. The number of rotatable bonds is 4. The van der Waals surface area contributed by atoms with Crippen molar-refractivity contribution in [3.05, 3.63) is 30.3 Å². The highest BCUT2D eigenvalue weighted by molar-refractivity contribution is 8.00. The zero-order valence-corrected chi connectivity index (χ0v) is 7.32. The van der Waals surface area contributed by atoms with Crippen molar-refractivity contribution in [3.63, 3.8) is 0 Å². The van der Waals surface area contributed by atoms with Crippen molar-refractivity contribution >= 4 is 17.6 Å². The Kier molecular flexibility index (Phi) is 3.86. The smallest absolute Gasteiger partial charge is 0.0617 e. The molecule has 0 amide bonds. The average Bonchev–Trinajstić information content (AvgIpc) is 2.07. The standard InChI is InChI=1S/C8H12N2S/c1-9-7-11-10-8-5-3-2-4-6-8/h2-6,9-10H,7H2,1H3. The fraction of sp³-hybridized carbons (Fsp3) is 0.250. The Bertz CT molecular complexity index is 189. The van der Waals surface area contributed by atoms with E-state index in [9.17, 15) is 0 Å². The van der Waals surface area contributed by atoms with Crippen LogP contribution >= 0.6 is 11.9 Å². The largest absolute Gasteiger partial charge is 0.329 e. The van der Waals surface area contributed by atoms with Gasteiger partial charge in [-0.2, -0.15) is 0 Å². The fourth-order valence-electron chi connectivity index (χ4n) is 0.698. The van der Waals surface area contributed by atoms with Gasteiger partial charge in [-0.1, -0.05) is 18.2 Å². The molecule has 0 aliphatic heterocycles. The number of anilines is 1. The van der Waals surface area contributed by atoms with E-state index in [1.54, 1.807) is 11.9 Å². The molecule has 0 atom stereocenters. The van der Waals surface area contributed by atoms with Gasteiger partial charge in [0.25, 0.3) is 0 Å². The van der Waals surface area contributed by atoms with Crippen LogP contribution in [0.4, 0.5) is 5.69 Å². The summed E-state index contributed by atoms with van der Waals surface area (Å²) in [6, 6.07) is 10.1. The molecule has 0 saturated heterocycles. The van der Waals surface area contributed by atoms with E-state index in [1.807, 2.05) is 37.4 Å². The first kappa shape index (κ1) is 8.43. The summed E-state index contributed by atoms with van der Waals surface area (Å²) < 4.78 is 3.20. The summed E-state index contributed by atoms with van der Waals surface area (Å²) >= 11 is 1.65. The molecule has 0 radical (unpaired) electrons. The van der Waals surface area contributed by atoms with Crippen LogP contribution in [0.15, 0.2) is 30.3 Å². The molecule has 1 aromatic rings. The van der Waals surface area contributed by atoms with Crippen molar-refractivity contribution in [1.29, 1.82) is 0 Å². The Labute approximate surface area is 71.5 Å². The highest BCUT2D eigenvalue weighted by Crippen LogP contribution is 2.09. The second-order valence-corrected chi connectivity index (χ2v) is 2.89. The Morgan fingerprint density at radius 3 is 2.64 bits per heavy atom. The second kappa shape index (κ2) is 5.04. The van der Waals surface area contributed by atoms with Crippen LogP contribution in [0.1, 0.15) is 0 Å². The zero-order chi connectivity index (χ0) is 7.94. The maximum atomic E-state index is 3.20. The SMILES string of the molecule is CNCSNc1ccccc1. The summed E-state index contributed by atoms with van der Waals surface area (Å²) in [5, 5.41) is 3.04. The van der Waals surface area contributed by atoms with E-state index in [0.717, 1.165) is 11.6 Å². The summed E-state index contributed by atoms with van der Waals surface area (Å²) in [6.07, 6.45) is 0. The maximum Gasteiger partial charge on any atom is 0.0617 e. The molecule has 0 heterocycles. The van der Waals surface area contributed by atoms with E-state index in [2.05, 4.69) is 10.0 Å².